The van der Waals surface area contributed by atoms with Crippen LogP contribution in [-0.2, 0) is 4.79 Å². The molecule has 0 aliphatic carbocycles. The lowest BCUT2D eigenvalue weighted by molar-refractivity contribution is -0.123. The minimum absolute atomic E-state index is 0.148. The van der Waals surface area contributed by atoms with Crippen LogP contribution in [0.15, 0.2) is 46.0 Å². The van der Waals surface area contributed by atoms with E-state index in [1.54, 1.807) is 50.6 Å². The lowest BCUT2D eigenvalue weighted by Crippen LogP contribution is -2.48. The largest absolute Gasteiger partial charge is 0.497 e. The van der Waals surface area contributed by atoms with Crippen LogP contribution in [0.4, 0.5) is 0 Å². The number of amides is 2. The van der Waals surface area contributed by atoms with Crippen molar-refractivity contribution < 1.29 is 23.8 Å². The van der Waals surface area contributed by atoms with Crippen molar-refractivity contribution in [2.24, 2.45) is 11.0 Å². The van der Waals surface area contributed by atoms with Crippen molar-refractivity contribution in [2.75, 3.05) is 21.3 Å². The van der Waals surface area contributed by atoms with Gasteiger partial charge in [0.05, 0.1) is 27.5 Å². The minimum atomic E-state index is -0.763. The van der Waals surface area contributed by atoms with E-state index in [1.807, 2.05) is 13.8 Å². The standard InChI is InChI=1S/C22H26BrN3O5/c1-13(2)20(25-21(27)14-6-8-16(29-3)9-7-14)22(28)26-24-12-15-10-18(30-4)19(31-5)11-17(15)23/h6-13,20H,1-5H3,(H,25,27)(H,26,28)/b24-12+. The summed E-state index contributed by atoms with van der Waals surface area (Å²) in [5.74, 6) is 0.811. The Hall–Kier alpha value is -3.07. The zero-order valence-corrected chi connectivity index (χ0v) is 19.6. The summed E-state index contributed by atoms with van der Waals surface area (Å²) in [5, 5.41) is 6.77. The molecule has 0 saturated heterocycles. The van der Waals surface area contributed by atoms with Gasteiger partial charge in [-0.25, -0.2) is 5.43 Å². The van der Waals surface area contributed by atoms with Crippen LogP contribution < -0.4 is 25.0 Å². The lowest BCUT2D eigenvalue weighted by Gasteiger charge is -2.20. The Morgan fingerprint density at radius 1 is 1.00 bits per heavy atom. The number of hydrazone groups is 1. The maximum atomic E-state index is 12.6. The Kier molecular flexibility index (Phi) is 8.87. The van der Waals surface area contributed by atoms with Gasteiger partial charge in [0.15, 0.2) is 11.5 Å². The monoisotopic (exact) mass is 491 g/mol. The summed E-state index contributed by atoms with van der Waals surface area (Å²) in [6, 6.07) is 9.35. The molecule has 2 aromatic carbocycles. The predicted octanol–water partition coefficient (Wildman–Crippen LogP) is 3.38. The van der Waals surface area contributed by atoms with Crippen LogP contribution in [0.2, 0.25) is 0 Å². The molecule has 0 aliphatic rings. The molecule has 166 valence electrons. The number of hydrogen-bond donors (Lipinski definition) is 2. The molecule has 31 heavy (non-hydrogen) atoms. The quantitative estimate of drug-likeness (QED) is 0.413. The first-order valence-electron chi connectivity index (χ1n) is 9.50. The van der Waals surface area contributed by atoms with E-state index >= 15 is 0 Å². The van der Waals surface area contributed by atoms with Crippen LogP contribution in [0, 0.1) is 5.92 Å². The van der Waals surface area contributed by atoms with Crippen molar-refractivity contribution >= 4 is 34.0 Å². The number of carbonyl (C=O) groups excluding carboxylic acids is 2. The molecule has 2 N–H and O–H groups in total. The number of ether oxygens (including phenoxy) is 3. The summed E-state index contributed by atoms with van der Waals surface area (Å²) in [7, 11) is 4.63. The lowest BCUT2D eigenvalue weighted by atomic mass is 10.0. The third-order valence-corrected chi connectivity index (χ3v) is 5.16. The summed E-state index contributed by atoms with van der Waals surface area (Å²) in [4.78, 5) is 25.2. The number of hydrogen-bond acceptors (Lipinski definition) is 6. The van der Waals surface area contributed by atoms with E-state index in [-0.39, 0.29) is 11.8 Å². The maximum Gasteiger partial charge on any atom is 0.262 e. The van der Waals surface area contributed by atoms with Crippen molar-refractivity contribution in [1.29, 1.82) is 0 Å². The van der Waals surface area contributed by atoms with E-state index < -0.39 is 11.9 Å². The van der Waals surface area contributed by atoms with Gasteiger partial charge in [0.25, 0.3) is 11.8 Å². The predicted molar refractivity (Wildman–Crippen MR) is 122 cm³/mol. The van der Waals surface area contributed by atoms with E-state index in [4.69, 9.17) is 14.2 Å². The highest BCUT2D eigenvalue weighted by Gasteiger charge is 2.24. The molecule has 2 rings (SSSR count). The fourth-order valence-electron chi connectivity index (χ4n) is 2.71. The Morgan fingerprint density at radius 2 is 1.61 bits per heavy atom. The van der Waals surface area contributed by atoms with Gasteiger partial charge in [-0.15, -0.1) is 0 Å². The third-order valence-electron chi connectivity index (χ3n) is 4.47. The van der Waals surface area contributed by atoms with Gasteiger partial charge in [0.1, 0.15) is 11.8 Å². The molecule has 0 aromatic heterocycles. The summed E-state index contributed by atoms with van der Waals surface area (Å²) in [5.41, 5.74) is 3.59. The van der Waals surface area contributed by atoms with E-state index in [0.29, 0.717) is 28.4 Å². The van der Waals surface area contributed by atoms with Gasteiger partial charge in [-0.1, -0.05) is 13.8 Å². The van der Waals surface area contributed by atoms with Crippen molar-refractivity contribution in [3.8, 4) is 17.2 Å². The van der Waals surface area contributed by atoms with Crippen LogP contribution in [0.25, 0.3) is 0 Å². The smallest absolute Gasteiger partial charge is 0.262 e. The molecule has 9 heteroatoms. The van der Waals surface area contributed by atoms with Crippen molar-refractivity contribution in [2.45, 2.75) is 19.9 Å². The van der Waals surface area contributed by atoms with Crippen molar-refractivity contribution in [3.63, 3.8) is 0 Å². The van der Waals surface area contributed by atoms with Crippen LogP contribution >= 0.6 is 15.9 Å². The second-order valence-electron chi connectivity index (χ2n) is 6.89. The highest BCUT2D eigenvalue weighted by molar-refractivity contribution is 9.10. The Morgan fingerprint density at radius 3 is 2.16 bits per heavy atom. The first kappa shape index (κ1) is 24.2. The van der Waals surface area contributed by atoms with Gasteiger partial charge in [0.2, 0.25) is 0 Å². The molecule has 0 heterocycles. The number of rotatable bonds is 9. The van der Waals surface area contributed by atoms with Gasteiger partial charge in [0, 0.05) is 15.6 Å². The number of carbonyl (C=O) groups is 2. The number of nitrogens with zero attached hydrogens (tertiary/aromatic N) is 1. The van der Waals surface area contributed by atoms with Gasteiger partial charge in [-0.05, 0) is 58.2 Å². The van der Waals surface area contributed by atoms with Gasteiger partial charge in [-0.2, -0.15) is 5.10 Å². The zero-order chi connectivity index (χ0) is 23.0. The molecule has 0 spiro atoms. The topological polar surface area (TPSA) is 98.2 Å². The Bertz CT molecular complexity index is 945. The molecule has 2 aromatic rings. The summed E-state index contributed by atoms with van der Waals surface area (Å²) < 4.78 is 16.3. The fraction of sp³-hybridized carbons (Fsp3) is 0.318. The normalized spacial score (nSPS) is 11.8. The van der Waals surface area contributed by atoms with Crippen LogP contribution in [0.5, 0.6) is 17.2 Å². The number of benzene rings is 2. The molecular formula is C22H26BrN3O5. The van der Waals surface area contributed by atoms with Crippen molar-refractivity contribution in [1.82, 2.24) is 10.7 Å². The average Bonchev–Trinajstić information content (AvgIpc) is 2.77. The van der Waals surface area contributed by atoms with Crippen LogP contribution in [-0.4, -0.2) is 45.4 Å². The maximum absolute atomic E-state index is 12.6. The highest BCUT2D eigenvalue weighted by atomic mass is 79.9. The molecule has 1 unspecified atom stereocenters. The van der Waals surface area contributed by atoms with Gasteiger partial charge >= 0.3 is 0 Å². The number of nitrogens with one attached hydrogen (secondary N) is 2. The fourth-order valence-corrected chi connectivity index (χ4v) is 3.13. The van der Waals surface area contributed by atoms with Crippen molar-refractivity contribution in [3.05, 3.63) is 52.0 Å². The first-order valence-corrected chi connectivity index (χ1v) is 10.3. The van der Waals surface area contributed by atoms with Crippen LogP contribution in [0.1, 0.15) is 29.8 Å². The number of halogens is 1. The van der Waals surface area contributed by atoms with E-state index in [2.05, 4.69) is 31.8 Å². The summed E-state index contributed by atoms with van der Waals surface area (Å²) in [6.07, 6.45) is 1.48. The molecule has 8 nitrogen and oxygen atoms in total. The second-order valence-corrected chi connectivity index (χ2v) is 7.74. The van der Waals surface area contributed by atoms with E-state index in [0.717, 1.165) is 4.47 Å². The SMILES string of the molecule is COc1ccc(C(=O)NC(C(=O)N/N=C/c2cc(OC)c(OC)cc2Br)C(C)C)cc1. The molecule has 0 aliphatic heterocycles. The third kappa shape index (κ3) is 6.45. The molecule has 0 bridgehead atoms. The molecular weight excluding hydrogens is 466 g/mol. The Labute approximate surface area is 190 Å². The highest BCUT2D eigenvalue weighted by Crippen LogP contribution is 2.32. The molecule has 2 amide bonds. The zero-order valence-electron chi connectivity index (χ0n) is 18.1. The first-order chi connectivity index (χ1) is 14.8. The van der Waals surface area contributed by atoms with Crippen LogP contribution in [0.3, 0.4) is 0 Å². The van der Waals surface area contributed by atoms with E-state index in [1.165, 1.54) is 13.3 Å². The van der Waals surface area contributed by atoms with Gasteiger partial charge < -0.3 is 19.5 Å². The molecule has 1 atom stereocenters. The summed E-state index contributed by atoms with van der Waals surface area (Å²) >= 11 is 3.43. The average molecular weight is 492 g/mol. The second kappa shape index (κ2) is 11.4. The van der Waals surface area contributed by atoms with Gasteiger partial charge in [-0.3, -0.25) is 9.59 Å². The molecule has 0 saturated carbocycles. The van der Waals surface area contributed by atoms with E-state index in [9.17, 15) is 9.59 Å². The molecule has 0 radical (unpaired) electrons. The minimum Gasteiger partial charge on any atom is -0.497 e. The molecule has 0 fully saturated rings. The summed E-state index contributed by atoms with van der Waals surface area (Å²) in [6.45, 7) is 3.68. The Balaban J connectivity index is 2.07. The number of methoxy groups -OCH3 is 3.